The average Bonchev–Trinajstić information content (AvgIpc) is 3.17. The minimum Gasteiger partial charge on any atom is -0.338 e. The molecule has 1 saturated heterocycles. The maximum Gasteiger partial charge on any atom is 0.254 e. The monoisotopic (exact) mass is 389 g/mol. The summed E-state index contributed by atoms with van der Waals surface area (Å²) < 4.78 is 1.18. The van der Waals surface area contributed by atoms with Crippen LogP contribution in [0.2, 0.25) is 0 Å². The average molecular weight is 389 g/mol. The number of hydrogen-bond acceptors (Lipinski definition) is 4. The molecule has 0 radical (unpaired) electrons. The highest BCUT2D eigenvalue weighted by atomic mass is 32.1. The van der Waals surface area contributed by atoms with Crippen molar-refractivity contribution in [2.24, 2.45) is 0 Å². The highest BCUT2D eigenvalue weighted by Gasteiger charge is 2.28. The van der Waals surface area contributed by atoms with Gasteiger partial charge < -0.3 is 9.88 Å². The van der Waals surface area contributed by atoms with Crippen LogP contribution >= 0.6 is 11.3 Å². The second-order valence-corrected chi connectivity index (χ2v) is 8.27. The smallest absolute Gasteiger partial charge is 0.254 e. The topological polar surface area (TPSA) is 66.1 Å². The number of nitrogens with zero attached hydrogens (tertiary/aromatic N) is 2. The van der Waals surface area contributed by atoms with Crippen LogP contribution in [0.3, 0.4) is 0 Å². The van der Waals surface area contributed by atoms with Gasteiger partial charge in [0.25, 0.3) is 5.91 Å². The molecule has 0 saturated carbocycles. The fraction of sp³-hybridized carbons (Fsp3) is 0.227. The summed E-state index contributed by atoms with van der Waals surface area (Å²) in [6.45, 7) is 1.35. The number of thiazole rings is 1. The number of aromatic amines is 1. The third kappa shape index (κ3) is 2.99. The van der Waals surface area contributed by atoms with Crippen LogP contribution in [0.4, 0.5) is 0 Å². The van der Waals surface area contributed by atoms with Gasteiger partial charge in [-0.2, -0.15) is 0 Å². The van der Waals surface area contributed by atoms with Crippen molar-refractivity contribution in [2.45, 2.75) is 18.8 Å². The lowest BCUT2D eigenvalue weighted by Crippen LogP contribution is -2.39. The Hall–Kier alpha value is -2.99. The Morgan fingerprint density at radius 1 is 1.14 bits per heavy atom. The number of nitrogens with one attached hydrogen (secondary N) is 1. The van der Waals surface area contributed by atoms with E-state index in [-0.39, 0.29) is 17.4 Å². The minimum atomic E-state index is -0.248. The number of piperidine rings is 1. The fourth-order valence-electron chi connectivity index (χ4n) is 3.98. The maximum atomic E-state index is 13.3. The number of carbonyl (C=O) groups excluding carboxylic acids is 1. The van der Waals surface area contributed by atoms with Gasteiger partial charge in [-0.05, 0) is 31.0 Å². The van der Waals surface area contributed by atoms with E-state index in [0.29, 0.717) is 24.2 Å². The Bertz CT molecular complexity index is 1210. The Morgan fingerprint density at radius 3 is 2.86 bits per heavy atom. The summed E-state index contributed by atoms with van der Waals surface area (Å²) in [6, 6.07) is 17.0. The molecule has 5 rings (SSSR count). The zero-order valence-corrected chi connectivity index (χ0v) is 16.0. The molecule has 4 aromatic rings. The summed E-state index contributed by atoms with van der Waals surface area (Å²) in [5, 5.41) is 1.88. The molecule has 1 aliphatic heterocycles. The second-order valence-electron chi connectivity index (χ2n) is 7.20. The Balaban J connectivity index is 1.47. The van der Waals surface area contributed by atoms with Crippen molar-refractivity contribution in [1.29, 1.82) is 0 Å². The maximum absolute atomic E-state index is 13.3. The summed E-state index contributed by atoms with van der Waals surface area (Å²) in [4.78, 5) is 34.8. The normalized spacial score (nSPS) is 17.3. The molecule has 1 N–H and O–H groups in total. The molecule has 1 fully saturated rings. The van der Waals surface area contributed by atoms with Gasteiger partial charge in [-0.25, -0.2) is 4.98 Å². The number of likely N-dealkylation sites (tertiary alicyclic amines) is 1. The fourth-order valence-corrected chi connectivity index (χ4v) is 5.07. The van der Waals surface area contributed by atoms with E-state index in [1.807, 2.05) is 47.4 Å². The molecule has 6 heteroatoms. The second kappa shape index (κ2) is 6.87. The summed E-state index contributed by atoms with van der Waals surface area (Å²) in [5.41, 5.74) is 1.94. The number of rotatable bonds is 2. The molecule has 5 nitrogen and oxygen atoms in total. The Kier molecular flexibility index (Phi) is 4.20. The van der Waals surface area contributed by atoms with Gasteiger partial charge in [-0.3, -0.25) is 9.59 Å². The van der Waals surface area contributed by atoms with Crippen LogP contribution in [0.25, 0.3) is 21.1 Å². The number of H-pyrrole nitrogens is 1. The predicted molar refractivity (Wildman–Crippen MR) is 112 cm³/mol. The number of hydrogen-bond donors (Lipinski definition) is 1. The zero-order chi connectivity index (χ0) is 19.1. The molecule has 140 valence electrons. The van der Waals surface area contributed by atoms with Crippen molar-refractivity contribution in [1.82, 2.24) is 14.9 Å². The minimum absolute atomic E-state index is 0.0758. The van der Waals surface area contributed by atoms with Crippen molar-refractivity contribution in [3.05, 3.63) is 75.5 Å². The van der Waals surface area contributed by atoms with E-state index in [9.17, 15) is 9.59 Å². The van der Waals surface area contributed by atoms with Gasteiger partial charge in [0, 0.05) is 36.0 Å². The van der Waals surface area contributed by atoms with Crippen molar-refractivity contribution in [3.8, 4) is 0 Å². The van der Waals surface area contributed by atoms with Gasteiger partial charge in [-0.1, -0.05) is 30.3 Å². The van der Waals surface area contributed by atoms with Crippen molar-refractivity contribution in [2.75, 3.05) is 13.1 Å². The number of fused-ring (bicyclic) bond motifs is 2. The van der Waals surface area contributed by atoms with Crippen LogP contribution < -0.4 is 5.56 Å². The highest BCUT2D eigenvalue weighted by Crippen LogP contribution is 2.33. The van der Waals surface area contributed by atoms with Crippen LogP contribution in [0, 0.1) is 0 Å². The molecule has 0 bridgehead atoms. The number of para-hydroxylation sites is 2. The molecule has 1 atom stereocenters. The van der Waals surface area contributed by atoms with Crippen LogP contribution in [0.1, 0.15) is 34.1 Å². The van der Waals surface area contributed by atoms with E-state index in [1.54, 1.807) is 11.3 Å². The van der Waals surface area contributed by atoms with Gasteiger partial charge in [0.1, 0.15) is 0 Å². The first-order chi connectivity index (χ1) is 13.7. The first kappa shape index (κ1) is 17.1. The van der Waals surface area contributed by atoms with Crippen LogP contribution in [-0.4, -0.2) is 33.9 Å². The molecule has 28 heavy (non-hydrogen) atoms. The highest BCUT2D eigenvalue weighted by molar-refractivity contribution is 7.18. The van der Waals surface area contributed by atoms with E-state index < -0.39 is 0 Å². The van der Waals surface area contributed by atoms with Crippen LogP contribution in [0.15, 0.2) is 59.4 Å². The van der Waals surface area contributed by atoms with Gasteiger partial charge in [0.05, 0.1) is 20.8 Å². The number of carbonyl (C=O) groups is 1. The molecule has 3 heterocycles. The third-order valence-electron chi connectivity index (χ3n) is 5.35. The van der Waals surface area contributed by atoms with E-state index in [4.69, 9.17) is 4.98 Å². The molecular weight excluding hydrogens is 370 g/mol. The Morgan fingerprint density at radius 2 is 1.96 bits per heavy atom. The lowest BCUT2D eigenvalue weighted by atomic mass is 9.97. The number of aromatic nitrogens is 2. The van der Waals surface area contributed by atoms with Gasteiger partial charge in [0.15, 0.2) is 0 Å². The summed E-state index contributed by atoms with van der Waals surface area (Å²) in [5.74, 6) is 0.163. The molecular formula is C22H19N3O2S. The van der Waals surface area contributed by atoms with Crippen LogP contribution in [-0.2, 0) is 0 Å². The van der Waals surface area contributed by atoms with Gasteiger partial charge >= 0.3 is 0 Å². The molecule has 1 amide bonds. The van der Waals surface area contributed by atoms with Crippen molar-refractivity contribution in [3.63, 3.8) is 0 Å². The summed E-state index contributed by atoms with van der Waals surface area (Å²) >= 11 is 1.71. The van der Waals surface area contributed by atoms with E-state index in [1.165, 1.54) is 10.8 Å². The number of pyridine rings is 1. The third-order valence-corrected chi connectivity index (χ3v) is 6.55. The van der Waals surface area contributed by atoms with Gasteiger partial charge in [-0.15, -0.1) is 11.3 Å². The standard InChI is InChI=1S/C22H19N3O2S/c26-20-12-16(15-7-1-2-8-17(15)23-20)22(27)25-11-5-6-14(13-25)21-24-18-9-3-4-10-19(18)28-21/h1-4,7-10,12,14H,5-6,11,13H2,(H,23,26). The van der Waals surface area contributed by atoms with Crippen molar-refractivity contribution < 1.29 is 4.79 Å². The lowest BCUT2D eigenvalue weighted by molar-refractivity contribution is 0.0709. The summed E-state index contributed by atoms with van der Waals surface area (Å²) in [7, 11) is 0. The van der Waals surface area contributed by atoms with Crippen LogP contribution in [0.5, 0.6) is 0 Å². The molecule has 2 aromatic carbocycles. The quantitative estimate of drug-likeness (QED) is 0.560. The molecule has 0 aliphatic carbocycles. The predicted octanol–water partition coefficient (Wildman–Crippen LogP) is 4.16. The van der Waals surface area contributed by atoms with E-state index in [0.717, 1.165) is 28.8 Å². The summed E-state index contributed by atoms with van der Waals surface area (Å²) in [6.07, 6.45) is 1.97. The van der Waals surface area contributed by atoms with E-state index >= 15 is 0 Å². The van der Waals surface area contributed by atoms with Crippen molar-refractivity contribution >= 4 is 38.4 Å². The van der Waals surface area contributed by atoms with Gasteiger partial charge in [0.2, 0.25) is 5.56 Å². The lowest BCUT2D eigenvalue weighted by Gasteiger charge is -2.32. The Labute approximate surface area is 165 Å². The largest absolute Gasteiger partial charge is 0.338 e. The zero-order valence-electron chi connectivity index (χ0n) is 15.2. The molecule has 1 aliphatic rings. The van der Waals surface area contributed by atoms with E-state index in [2.05, 4.69) is 11.1 Å². The first-order valence-electron chi connectivity index (χ1n) is 9.46. The first-order valence-corrected chi connectivity index (χ1v) is 10.3. The molecule has 0 spiro atoms. The molecule has 1 unspecified atom stereocenters. The number of benzene rings is 2. The number of amides is 1. The molecule has 2 aromatic heterocycles. The SMILES string of the molecule is O=C(c1cc(=O)[nH]c2ccccc12)N1CCCC(c2nc3ccccc3s2)C1.